The Morgan fingerprint density at radius 3 is 2.53 bits per heavy atom. The summed E-state index contributed by atoms with van der Waals surface area (Å²) in [5, 5.41) is 6.97. The molecule has 0 bridgehead atoms. The second kappa shape index (κ2) is 4.47. The summed E-state index contributed by atoms with van der Waals surface area (Å²) in [6.07, 6.45) is -4.35. The highest BCUT2D eigenvalue weighted by Gasteiger charge is 2.31. The molecule has 86 valence electrons. The molecule has 0 unspecified atom stereocenters. The van der Waals surface area contributed by atoms with E-state index in [0.717, 1.165) is 4.57 Å². The van der Waals surface area contributed by atoms with Crippen molar-refractivity contribution in [3.8, 4) is 6.01 Å². The second-order valence-electron chi connectivity index (χ2n) is 2.74. The molecule has 0 atom stereocenters. The van der Waals surface area contributed by atoms with Crippen LogP contribution in [0.4, 0.5) is 13.2 Å². The molecule has 0 aliphatic carbocycles. The first-order chi connectivity index (χ1) is 6.98. The first kappa shape index (κ1) is 11.8. The van der Waals surface area contributed by atoms with Crippen LogP contribution in [0.5, 0.6) is 6.01 Å². The normalized spacial score (nSPS) is 11.8. The van der Waals surface area contributed by atoms with Gasteiger partial charge in [0.25, 0.3) is 0 Å². The third kappa shape index (κ3) is 3.08. The molecule has 0 amide bonds. The molecule has 2 N–H and O–H groups in total. The van der Waals surface area contributed by atoms with Crippen molar-refractivity contribution in [3.05, 3.63) is 5.82 Å². The summed E-state index contributed by atoms with van der Waals surface area (Å²) in [7, 11) is 0. The molecule has 0 aromatic carbocycles. The monoisotopic (exact) mass is 224 g/mol. The van der Waals surface area contributed by atoms with Crippen LogP contribution in [0.15, 0.2) is 0 Å². The van der Waals surface area contributed by atoms with E-state index >= 15 is 0 Å². The summed E-state index contributed by atoms with van der Waals surface area (Å²) in [6.45, 7) is 0.563. The maximum absolute atomic E-state index is 12.2. The van der Waals surface area contributed by atoms with Gasteiger partial charge < -0.3 is 10.5 Å². The third-order valence-corrected chi connectivity index (χ3v) is 1.59. The lowest BCUT2D eigenvalue weighted by atomic mass is 10.5. The van der Waals surface area contributed by atoms with Gasteiger partial charge in [-0.2, -0.15) is 13.2 Å². The van der Waals surface area contributed by atoms with Crippen molar-refractivity contribution in [2.75, 3.05) is 6.61 Å². The largest absolute Gasteiger partial charge is 0.464 e. The van der Waals surface area contributed by atoms with E-state index < -0.39 is 12.7 Å². The smallest absolute Gasteiger partial charge is 0.406 e. The second-order valence-corrected chi connectivity index (χ2v) is 2.74. The minimum absolute atomic E-state index is 0.0516. The van der Waals surface area contributed by atoms with Crippen molar-refractivity contribution in [3.63, 3.8) is 0 Å². The van der Waals surface area contributed by atoms with Gasteiger partial charge >= 0.3 is 12.2 Å². The molecule has 0 aliphatic rings. The van der Waals surface area contributed by atoms with Gasteiger partial charge in [0, 0.05) is 0 Å². The standard InChI is InChI=1S/C7H11F3N4O/c1-2-15-6-13-12-5(3-11)14(6)4-7(8,9)10/h2-4,11H2,1H3. The molecule has 1 aromatic rings. The summed E-state index contributed by atoms with van der Waals surface area (Å²) in [6, 6.07) is -0.157. The average molecular weight is 224 g/mol. The van der Waals surface area contributed by atoms with E-state index in [0.29, 0.717) is 0 Å². The van der Waals surface area contributed by atoms with E-state index in [9.17, 15) is 13.2 Å². The number of halogens is 3. The highest BCUT2D eigenvalue weighted by Crippen LogP contribution is 2.21. The molecule has 1 rings (SSSR count). The molecule has 0 saturated heterocycles. The zero-order valence-electron chi connectivity index (χ0n) is 8.08. The molecule has 8 heteroatoms. The number of ether oxygens (including phenoxy) is 1. The molecule has 5 nitrogen and oxygen atoms in total. The van der Waals surface area contributed by atoms with E-state index in [4.69, 9.17) is 10.5 Å². The van der Waals surface area contributed by atoms with Crippen molar-refractivity contribution in [1.82, 2.24) is 14.8 Å². The number of aromatic nitrogens is 3. The summed E-state index contributed by atoms with van der Waals surface area (Å²) in [4.78, 5) is 0. The molecule has 0 radical (unpaired) electrons. The zero-order valence-corrected chi connectivity index (χ0v) is 8.08. The molecule has 0 aliphatic heterocycles. The van der Waals surface area contributed by atoms with Gasteiger partial charge in [0.1, 0.15) is 12.4 Å². The zero-order chi connectivity index (χ0) is 11.5. The summed E-state index contributed by atoms with van der Waals surface area (Å²) < 4.78 is 42.3. The number of hydrogen-bond acceptors (Lipinski definition) is 4. The Bertz CT molecular complexity index is 323. The van der Waals surface area contributed by atoms with E-state index in [1.54, 1.807) is 6.92 Å². The minimum Gasteiger partial charge on any atom is -0.464 e. The van der Waals surface area contributed by atoms with Gasteiger partial charge in [-0.25, -0.2) is 0 Å². The number of nitrogens with zero attached hydrogens (tertiary/aromatic N) is 3. The highest BCUT2D eigenvalue weighted by molar-refractivity contribution is 5.01. The fraction of sp³-hybridized carbons (Fsp3) is 0.714. The van der Waals surface area contributed by atoms with E-state index in [-0.39, 0.29) is 25.0 Å². The lowest BCUT2D eigenvalue weighted by Gasteiger charge is -2.11. The highest BCUT2D eigenvalue weighted by atomic mass is 19.4. The fourth-order valence-electron chi connectivity index (χ4n) is 1.04. The van der Waals surface area contributed by atoms with Crippen LogP contribution in [0.1, 0.15) is 12.7 Å². The molecule has 0 spiro atoms. The maximum Gasteiger partial charge on any atom is 0.406 e. The van der Waals surface area contributed by atoms with Crippen LogP contribution in [0, 0.1) is 0 Å². The summed E-state index contributed by atoms with van der Waals surface area (Å²) in [5.74, 6) is 0.0516. The average Bonchev–Trinajstić information content (AvgIpc) is 2.47. The molecule has 15 heavy (non-hydrogen) atoms. The molecular formula is C7H11F3N4O. The van der Waals surface area contributed by atoms with E-state index in [1.807, 2.05) is 0 Å². The Morgan fingerprint density at radius 2 is 2.07 bits per heavy atom. The first-order valence-corrected chi connectivity index (χ1v) is 4.29. The fourth-order valence-corrected chi connectivity index (χ4v) is 1.04. The van der Waals surface area contributed by atoms with Crippen LogP contribution < -0.4 is 10.5 Å². The Hall–Kier alpha value is -1.31. The molecule has 1 heterocycles. The molecule has 0 fully saturated rings. The van der Waals surface area contributed by atoms with Crippen LogP contribution in [0.2, 0.25) is 0 Å². The van der Waals surface area contributed by atoms with Crippen molar-refractivity contribution in [1.29, 1.82) is 0 Å². The predicted octanol–water partition coefficient (Wildman–Crippen LogP) is 0.698. The third-order valence-electron chi connectivity index (χ3n) is 1.59. The van der Waals surface area contributed by atoms with Crippen LogP contribution >= 0.6 is 0 Å². The Morgan fingerprint density at radius 1 is 1.40 bits per heavy atom. The van der Waals surface area contributed by atoms with Crippen molar-refractivity contribution in [2.24, 2.45) is 5.73 Å². The molecule has 0 saturated carbocycles. The maximum atomic E-state index is 12.2. The predicted molar refractivity (Wildman–Crippen MR) is 45.1 cm³/mol. The van der Waals surface area contributed by atoms with Crippen molar-refractivity contribution in [2.45, 2.75) is 26.2 Å². The van der Waals surface area contributed by atoms with Gasteiger partial charge in [0.15, 0.2) is 0 Å². The topological polar surface area (TPSA) is 66.0 Å². The lowest BCUT2D eigenvalue weighted by molar-refractivity contribution is -0.142. The molecular weight excluding hydrogens is 213 g/mol. The Kier molecular flexibility index (Phi) is 3.51. The van der Waals surface area contributed by atoms with Crippen LogP contribution in [-0.2, 0) is 13.1 Å². The van der Waals surface area contributed by atoms with Gasteiger partial charge in [-0.05, 0) is 6.92 Å². The number of rotatable bonds is 4. The van der Waals surface area contributed by atoms with E-state index in [2.05, 4.69) is 10.2 Å². The number of nitrogens with two attached hydrogens (primary N) is 1. The lowest BCUT2D eigenvalue weighted by Crippen LogP contribution is -2.21. The van der Waals surface area contributed by atoms with Gasteiger partial charge in [0.05, 0.1) is 13.2 Å². The van der Waals surface area contributed by atoms with Crippen molar-refractivity contribution >= 4 is 0 Å². The van der Waals surface area contributed by atoms with Gasteiger partial charge in [-0.1, -0.05) is 5.10 Å². The number of alkyl halides is 3. The van der Waals surface area contributed by atoms with Crippen LogP contribution in [-0.4, -0.2) is 27.5 Å². The van der Waals surface area contributed by atoms with Crippen molar-refractivity contribution < 1.29 is 17.9 Å². The Labute approximate surface area is 84.0 Å². The summed E-state index contributed by atoms with van der Waals surface area (Å²) in [5.41, 5.74) is 5.23. The van der Waals surface area contributed by atoms with Gasteiger partial charge in [-0.15, -0.1) is 5.10 Å². The Balaban J connectivity index is 2.94. The van der Waals surface area contributed by atoms with Crippen LogP contribution in [0.3, 0.4) is 0 Å². The minimum atomic E-state index is -4.35. The van der Waals surface area contributed by atoms with E-state index in [1.165, 1.54) is 0 Å². The first-order valence-electron chi connectivity index (χ1n) is 4.29. The summed E-state index contributed by atoms with van der Waals surface area (Å²) >= 11 is 0. The molecule has 1 aromatic heterocycles. The van der Waals surface area contributed by atoms with Crippen LogP contribution in [0.25, 0.3) is 0 Å². The SMILES string of the molecule is CCOc1nnc(CN)n1CC(F)(F)F. The van der Waals surface area contributed by atoms with Gasteiger partial charge in [0.2, 0.25) is 0 Å². The quantitative estimate of drug-likeness (QED) is 0.817. The van der Waals surface area contributed by atoms with Gasteiger partial charge in [-0.3, -0.25) is 4.57 Å². The number of hydrogen-bond donors (Lipinski definition) is 1.